The van der Waals surface area contributed by atoms with Crippen LogP contribution in [-0.4, -0.2) is 47.5 Å². The summed E-state index contributed by atoms with van der Waals surface area (Å²) in [5.41, 5.74) is 6.07. The number of hydrogen-bond acceptors (Lipinski definition) is 5. The van der Waals surface area contributed by atoms with E-state index in [1.54, 1.807) is 17.4 Å². The molecule has 0 radical (unpaired) electrons. The highest BCUT2D eigenvalue weighted by Crippen LogP contribution is 2.29. The second-order valence-electron chi connectivity index (χ2n) is 7.19. The highest BCUT2D eigenvalue weighted by Gasteiger charge is 2.17. The molecule has 2 aromatic rings. The van der Waals surface area contributed by atoms with E-state index in [9.17, 15) is 4.79 Å². The standard InChI is InChI=1S/C22H27N3O2S/c1-16(24(2)3)17-4-6-18(7-5-17)19-8-10-21(11-9-19)28-25-14-12-20(13-15-25)22(26)23-27/h4-12,16,27H,13-15H2,1-3H3,(H,23,26). The molecule has 1 amide bonds. The number of nitrogens with zero attached hydrogens (tertiary/aromatic N) is 2. The molecule has 1 aliphatic heterocycles. The van der Waals surface area contributed by atoms with Crippen LogP contribution in [0, 0.1) is 0 Å². The number of rotatable bonds is 6. The van der Waals surface area contributed by atoms with E-state index in [1.165, 1.54) is 21.6 Å². The maximum Gasteiger partial charge on any atom is 0.270 e. The van der Waals surface area contributed by atoms with Gasteiger partial charge in [0.25, 0.3) is 5.91 Å². The second kappa shape index (κ2) is 9.39. The Morgan fingerprint density at radius 3 is 2.21 bits per heavy atom. The lowest BCUT2D eigenvalue weighted by Gasteiger charge is -2.24. The Labute approximate surface area is 171 Å². The van der Waals surface area contributed by atoms with E-state index in [-0.39, 0.29) is 0 Å². The molecule has 148 valence electrons. The van der Waals surface area contributed by atoms with Crippen LogP contribution in [0.5, 0.6) is 0 Å². The largest absolute Gasteiger partial charge is 0.303 e. The van der Waals surface area contributed by atoms with Crippen LogP contribution >= 0.6 is 11.9 Å². The lowest BCUT2D eigenvalue weighted by molar-refractivity contribution is -0.125. The minimum atomic E-state index is -0.403. The van der Waals surface area contributed by atoms with E-state index in [1.807, 2.05) is 6.08 Å². The molecule has 1 unspecified atom stereocenters. The topological polar surface area (TPSA) is 55.8 Å². The van der Waals surface area contributed by atoms with Gasteiger partial charge in [-0.3, -0.25) is 10.0 Å². The van der Waals surface area contributed by atoms with Gasteiger partial charge in [-0.2, -0.15) is 0 Å². The minimum Gasteiger partial charge on any atom is -0.303 e. The smallest absolute Gasteiger partial charge is 0.270 e. The van der Waals surface area contributed by atoms with Crippen LogP contribution in [0.2, 0.25) is 0 Å². The molecule has 0 saturated heterocycles. The number of benzene rings is 2. The first-order valence-corrected chi connectivity index (χ1v) is 10.2. The molecule has 5 nitrogen and oxygen atoms in total. The van der Waals surface area contributed by atoms with Gasteiger partial charge >= 0.3 is 0 Å². The molecule has 2 N–H and O–H groups in total. The molecule has 1 heterocycles. The molecule has 1 aliphatic rings. The Kier molecular flexibility index (Phi) is 6.91. The summed E-state index contributed by atoms with van der Waals surface area (Å²) < 4.78 is 2.21. The number of nitrogens with one attached hydrogen (secondary N) is 1. The van der Waals surface area contributed by atoms with Crippen molar-refractivity contribution < 1.29 is 10.0 Å². The van der Waals surface area contributed by atoms with Crippen molar-refractivity contribution in [3.63, 3.8) is 0 Å². The number of hydrogen-bond donors (Lipinski definition) is 2. The highest BCUT2D eigenvalue weighted by molar-refractivity contribution is 7.97. The monoisotopic (exact) mass is 397 g/mol. The third-order valence-corrected chi connectivity index (χ3v) is 6.23. The van der Waals surface area contributed by atoms with Crippen LogP contribution in [0.1, 0.15) is 24.9 Å². The molecule has 1 atom stereocenters. The van der Waals surface area contributed by atoms with Crippen molar-refractivity contribution in [1.82, 2.24) is 14.7 Å². The van der Waals surface area contributed by atoms with Gasteiger partial charge in [-0.05, 0) is 68.2 Å². The normalized spacial score (nSPS) is 16.0. The van der Waals surface area contributed by atoms with Gasteiger partial charge in [0, 0.05) is 29.6 Å². The van der Waals surface area contributed by atoms with Crippen molar-refractivity contribution in [3.05, 3.63) is 65.7 Å². The van der Waals surface area contributed by atoms with E-state index in [4.69, 9.17) is 5.21 Å². The van der Waals surface area contributed by atoms with Crippen LogP contribution in [0.25, 0.3) is 11.1 Å². The van der Waals surface area contributed by atoms with Gasteiger partial charge in [-0.15, -0.1) is 0 Å². The van der Waals surface area contributed by atoms with E-state index in [0.717, 1.165) is 6.54 Å². The molecule has 0 aromatic heterocycles. The lowest BCUT2D eigenvalue weighted by Crippen LogP contribution is -2.29. The van der Waals surface area contributed by atoms with Crippen molar-refractivity contribution in [2.45, 2.75) is 24.3 Å². The Bertz CT molecular complexity index is 832. The van der Waals surface area contributed by atoms with Gasteiger partial charge in [0.1, 0.15) is 0 Å². The summed E-state index contributed by atoms with van der Waals surface area (Å²) in [6.07, 6.45) is 2.50. The van der Waals surface area contributed by atoms with Crippen LogP contribution in [0.15, 0.2) is 65.1 Å². The Morgan fingerprint density at radius 1 is 1.11 bits per heavy atom. The molecule has 2 aromatic carbocycles. The quantitative estimate of drug-likeness (QED) is 0.436. The SMILES string of the molecule is CC(c1ccc(-c2ccc(SN3CC=C(C(=O)NO)CC3)cc2)cc1)N(C)C. The van der Waals surface area contributed by atoms with Gasteiger partial charge in [0.05, 0.1) is 0 Å². The average molecular weight is 398 g/mol. The van der Waals surface area contributed by atoms with E-state index < -0.39 is 5.91 Å². The van der Waals surface area contributed by atoms with Crippen molar-refractivity contribution in [2.24, 2.45) is 0 Å². The zero-order valence-electron chi connectivity index (χ0n) is 16.6. The first-order chi connectivity index (χ1) is 13.5. The van der Waals surface area contributed by atoms with Crippen LogP contribution in [-0.2, 0) is 4.79 Å². The maximum atomic E-state index is 11.4. The van der Waals surface area contributed by atoms with Gasteiger partial charge in [-0.25, -0.2) is 9.79 Å². The van der Waals surface area contributed by atoms with Crippen molar-refractivity contribution >= 4 is 17.9 Å². The molecular weight excluding hydrogens is 370 g/mol. The third kappa shape index (κ3) is 5.02. The van der Waals surface area contributed by atoms with E-state index >= 15 is 0 Å². The third-order valence-electron chi connectivity index (χ3n) is 5.15. The molecule has 0 saturated carbocycles. The molecule has 6 heteroatoms. The van der Waals surface area contributed by atoms with Crippen molar-refractivity contribution in [3.8, 4) is 11.1 Å². The Hall–Kier alpha value is -2.12. The zero-order chi connectivity index (χ0) is 20.1. The summed E-state index contributed by atoms with van der Waals surface area (Å²) in [6, 6.07) is 17.7. The van der Waals surface area contributed by atoms with Gasteiger partial charge in [0.15, 0.2) is 0 Å². The number of carbonyl (C=O) groups excluding carboxylic acids is 1. The lowest BCUT2D eigenvalue weighted by atomic mass is 10.0. The molecule has 28 heavy (non-hydrogen) atoms. The van der Waals surface area contributed by atoms with E-state index in [2.05, 4.69) is 78.8 Å². The predicted molar refractivity (Wildman–Crippen MR) is 114 cm³/mol. The van der Waals surface area contributed by atoms with Crippen LogP contribution in [0.3, 0.4) is 0 Å². The Morgan fingerprint density at radius 2 is 1.71 bits per heavy atom. The van der Waals surface area contributed by atoms with Crippen molar-refractivity contribution in [1.29, 1.82) is 0 Å². The fourth-order valence-corrected chi connectivity index (χ4v) is 4.01. The number of hydroxylamine groups is 1. The van der Waals surface area contributed by atoms with Crippen LogP contribution < -0.4 is 5.48 Å². The molecule has 0 spiro atoms. The fraction of sp³-hybridized carbons (Fsp3) is 0.318. The second-order valence-corrected chi connectivity index (χ2v) is 8.36. The van der Waals surface area contributed by atoms with Gasteiger partial charge in [-0.1, -0.05) is 42.5 Å². The van der Waals surface area contributed by atoms with Gasteiger partial charge < -0.3 is 4.90 Å². The number of amides is 1. The number of carbonyl (C=O) groups is 1. The Balaban J connectivity index is 1.61. The summed E-state index contributed by atoms with van der Waals surface area (Å²) in [7, 11) is 4.19. The summed E-state index contributed by atoms with van der Waals surface area (Å²) >= 11 is 1.69. The highest BCUT2D eigenvalue weighted by atomic mass is 32.2. The van der Waals surface area contributed by atoms with Crippen LogP contribution in [0.4, 0.5) is 0 Å². The summed E-state index contributed by atoms with van der Waals surface area (Å²) in [6.45, 7) is 3.66. The predicted octanol–water partition coefficient (Wildman–Crippen LogP) is 4.12. The summed E-state index contributed by atoms with van der Waals surface area (Å²) in [4.78, 5) is 14.8. The first kappa shape index (κ1) is 20.6. The molecular formula is C22H27N3O2S. The average Bonchev–Trinajstić information content (AvgIpc) is 2.74. The minimum absolute atomic E-state index is 0.399. The summed E-state index contributed by atoms with van der Waals surface area (Å²) in [5, 5.41) is 8.71. The molecule has 3 rings (SSSR count). The zero-order valence-corrected chi connectivity index (χ0v) is 17.4. The summed E-state index contributed by atoms with van der Waals surface area (Å²) in [5.74, 6) is -0.403. The first-order valence-electron chi connectivity index (χ1n) is 9.41. The maximum absolute atomic E-state index is 11.4. The molecule has 0 fully saturated rings. The van der Waals surface area contributed by atoms with Gasteiger partial charge in [0.2, 0.25) is 0 Å². The van der Waals surface area contributed by atoms with E-state index in [0.29, 0.717) is 24.6 Å². The molecule has 0 bridgehead atoms. The molecule has 0 aliphatic carbocycles. The van der Waals surface area contributed by atoms with Crippen molar-refractivity contribution in [2.75, 3.05) is 27.2 Å². The fourth-order valence-electron chi connectivity index (χ4n) is 3.12.